The molecular weight excluding hydrogens is 584 g/mol. The number of aryl methyl sites for hydroxylation is 1. The van der Waals surface area contributed by atoms with Crippen molar-refractivity contribution in [3.8, 4) is 28.2 Å². The number of carbonyl (C=O) groups is 1. The van der Waals surface area contributed by atoms with Gasteiger partial charge in [0.2, 0.25) is 11.9 Å². The second-order valence-corrected chi connectivity index (χ2v) is 10.3. The Morgan fingerprint density at radius 3 is 2.74 bits per heavy atom. The molecule has 5 aromatic rings. The van der Waals surface area contributed by atoms with Gasteiger partial charge in [-0.3, -0.25) is 10.1 Å². The van der Waals surface area contributed by atoms with E-state index in [-0.39, 0.29) is 35.1 Å². The molecule has 0 saturated carbocycles. The Morgan fingerprint density at radius 1 is 1.16 bits per heavy atom. The van der Waals surface area contributed by atoms with Crippen molar-refractivity contribution < 1.29 is 18.3 Å². The van der Waals surface area contributed by atoms with E-state index in [2.05, 4.69) is 42.4 Å². The van der Waals surface area contributed by atoms with Gasteiger partial charge in [0.25, 0.3) is 5.56 Å². The molecule has 1 amide bonds. The summed E-state index contributed by atoms with van der Waals surface area (Å²) in [4.78, 5) is 35.7. The topological polar surface area (TPSA) is 146 Å². The standard InChI is InChI=1S/C28H22ClF2N9O3/c1-14(2)12-43-28(42)34-22-8-5-18(25(30)33-22)27-35-24(26(31)36-27)21-7-4-17-9-15(10-23(41)40(17)21)19-11-16(29)3-6-20(19)39-13-32-37-38-39/h3,5-6,8-11,13,21H,1,4,7,12H2,2H3,(H,35,36)(H,33,34,42)/t21-/m1/s1. The van der Waals surface area contributed by atoms with Crippen LogP contribution in [-0.4, -0.2) is 52.4 Å². The van der Waals surface area contributed by atoms with E-state index in [1.807, 2.05) is 6.07 Å². The third-order valence-electron chi connectivity index (χ3n) is 6.80. The highest BCUT2D eigenvalue weighted by Crippen LogP contribution is 2.35. The SMILES string of the molecule is C=C(C)COC(=O)Nc1ccc(-c2nc(F)c([C@H]3CCc4cc(-c5cc(Cl)ccc5-n5cnnn5)cc(=O)n43)[nH]2)c(F)n1. The van der Waals surface area contributed by atoms with Crippen LogP contribution in [0.2, 0.25) is 5.02 Å². The van der Waals surface area contributed by atoms with Crippen LogP contribution in [-0.2, 0) is 11.2 Å². The highest BCUT2D eigenvalue weighted by molar-refractivity contribution is 6.31. The summed E-state index contributed by atoms with van der Waals surface area (Å²) in [5, 5.41) is 14.1. The van der Waals surface area contributed by atoms with Crippen molar-refractivity contribution in [3.05, 3.63) is 99.6 Å². The first-order valence-corrected chi connectivity index (χ1v) is 13.3. The van der Waals surface area contributed by atoms with Gasteiger partial charge in [0, 0.05) is 22.3 Å². The number of fused-ring (bicyclic) bond motifs is 1. The molecule has 12 nitrogen and oxygen atoms in total. The third-order valence-corrected chi connectivity index (χ3v) is 7.04. The summed E-state index contributed by atoms with van der Waals surface area (Å²) >= 11 is 6.27. The number of hydrogen-bond acceptors (Lipinski definition) is 8. The minimum Gasteiger partial charge on any atom is -0.445 e. The number of halogens is 3. The van der Waals surface area contributed by atoms with Gasteiger partial charge < -0.3 is 14.3 Å². The number of ether oxygens (including phenoxy) is 1. The number of imidazole rings is 1. The Balaban J connectivity index is 1.29. The lowest BCUT2D eigenvalue weighted by molar-refractivity contribution is 0.171. The molecule has 0 fully saturated rings. The van der Waals surface area contributed by atoms with Crippen LogP contribution in [0.1, 0.15) is 30.8 Å². The number of nitrogens with zero attached hydrogens (tertiary/aromatic N) is 7. The first-order chi connectivity index (χ1) is 20.7. The van der Waals surface area contributed by atoms with Crippen molar-refractivity contribution in [1.29, 1.82) is 0 Å². The van der Waals surface area contributed by atoms with E-state index in [0.29, 0.717) is 45.9 Å². The number of carbonyl (C=O) groups excluding carboxylic acids is 1. The van der Waals surface area contributed by atoms with Crippen LogP contribution in [0.25, 0.3) is 28.2 Å². The zero-order valence-electron chi connectivity index (χ0n) is 22.5. The second kappa shape index (κ2) is 11.2. The molecule has 0 bridgehead atoms. The molecule has 0 spiro atoms. The minimum atomic E-state index is -0.994. The number of H-pyrrole nitrogens is 1. The van der Waals surface area contributed by atoms with E-state index in [0.717, 1.165) is 0 Å². The molecule has 43 heavy (non-hydrogen) atoms. The molecule has 218 valence electrons. The summed E-state index contributed by atoms with van der Waals surface area (Å²) in [5.41, 5.74) is 2.71. The summed E-state index contributed by atoms with van der Waals surface area (Å²) in [5.74, 6) is -2.08. The van der Waals surface area contributed by atoms with Crippen molar-refractivity contribution in [2.45, 2.75) is 25.8 Å². The van der Waals surface area contributed by atoms with Gasteiger partial charge in [-0.05, 0) is 77.7 Å². The maximum absolute atomic E-state index is 15.2. The molecular formula is C28H22ClF2N9O3. The molecule has 1 atom stereocenters. The smallest absolute Gasteiger partial charge is 0.413 e. The molecule has 0 radical (unpaired) electrons. The number of anilines is 1. The number of hydrogen-bond donors (Lipinski definition) is 2. The van der Waals surface area contributed by atoms with Crippen molar-refractivity contribution in [2.24, 2.45) is 0 Å². The van der Waals surface area contributed by atoms with Gasteiger partial charge in [-0.15, -0.1) is 5.10 Å². The number of pyridine rings is 2. The largest absolute Gasteiger partial charge is 0.445 e. The molecule has 4 aromatic heterocycles. The maximum Gasteiger partial charge on any atom is 0.413 e. The van der Waals surface area contributed by atoms with Crippen LogP contribution in [0.15, 0.2) is 65.7 Å². The van der Waals surface area contributed by atoms with Gasteiger partial charge in [0.15, 0.2) is 0 Å². The molecule has 1 aliphatic rings. The molecule has 15 heteroatoms. The molecule has 5 heterocycles. The van der Waals surface area contributed by atoms with Crippen LogP contribution in [0.4, 0.5) is 19.4 Å². The quantitative estimate of drug-likeness (QED) is 0.197. The van der Waals surface area contributed by atoms with E-state index >= 15 is 4.39 Å². The average Bonchev–Trinajstić information content (AvgIpc) is 3.72. The number of tetrazole rings is 1. The van der Waals surface area contributed by atoms with E-state index in [9.17, 15) is 14.0 Å². The van der Waals surface area contributed by atoms with Gasteiger partial charge in [0.05, 0.1) is 23.0 Å². The van der Waals surface area contributed by atoms with E-state index < -0.39 is 24.0 Å². The summed E-state index contributed by atoms with van der Waals surface area (Å²) < 4.78 is 38.0. The lowest BCUT2D eigenvalue weighted by Crippen LogP contribution is -2.24. The molecule has 1 aliphatic heterocycles. The number of amides is 1. The maximum atomic E-state index is 15.2. The van der Waals surface area contributed by atoms with Crippen LogP contribution in [0.3, 0.4) is 0 Å². The second-order valence-electron chi connectivity index (χ2n) is 9.90. The zero-order chi connectivity index (χ0) is 30.2. The Kier molecular flexibility index (Phi) is 7.27. The molecule has 2 N–H and O–H groups in total. The van der Waals surface area contributed by atoms with Crippen molar-refractivity contribution >= 4 is 23.5 Å². The zero-order valence-corrected chi connectivity index (χ0v) is 23.3. The summed E-state index contributed by atoms with van der Waals surface area (Å²) in [6, 6.07) is 10.4. The first-order valence-electron chi connectivity index (χ1n) is 13.0. The Morgan fingerprint density at radius 2 is 2.00 bits per heavy atom. The minimum absolute atomic E-state index is 0.00209. The number of rotatable bonds is 7. The highest BCUT2D eigenvalue weighted by Gasteiger charge is 2.31. The van der Waals surface area contributed by atoms with E-state index in [4.69, 9.17) is 16.3 Å². The van der Waals surface area contributed by atoms with Crippen molar-refractivity contribution in [1.82, 2.24) is 39.7 Å². The Bertz CT molecular complexity index is 1940. The van der Waals surface area contributed by atoms with Crippen LogP contribution < -0.4 is 10.9 Å². The highest BCUT2D eigenvalue weighted by atomic mass is 35.5. The third kappa shape index (κ3) is 5.51. The normalized spacial score (nSPS) is 14.0. The molecule has 6 rings (SSSR count). The average molecular weight is 606 g/mol. The van der Waals surface area contributed by atoms with Gasteiger partial charge in [0.1, 0.15) is 24.6 Å². The Labute approximate surface area is 247 Å². The lowest BCUT2D eigenvalue weighted by Gasteiger charge is -2.15. The lowest BCUT2D eigenvalue weighted by atomic mass is 10.0. The number of aromatic nitrogens is 8. The van der Waals surface area contributed by atoms with Crippen LogP contribution in [0, 0.1) is 11.9 Å². The molecule has 0 saturated heterocycles. The Hall–Kier alpha value is -5.24. The van der Waals surface area contributed by atoms with E-state index in [1.54, 1.807) is 25.1 Å². The van der Waals surface area contributed by atoms with Crippen LogP contribution >= 0.6 is 11.6 Å². The predicted molar refractivity (Wildman–Crippen MR) is 152 cm³/mol. The monoisotopic (exact) mass is 605 g/mol. The fourth-order valence-corrected chi connectivity index (χ4v) is 5.13. The summed E-state index contributed by atoms with van der Waals surface area (Å²) in [6.07, 6.45) is 1.48. The number of aromatic amines is 1. The fourth-order valence-electron chi connectivity index (χ4n) is 4.96. The van der Waals surface area contributed by atoms with Crippen LogP contribution in [0.5, 0.6) is 0 Å². The van der Waals surface area contributed by atoms with Gasteiger partial charge in [-0.25, -0.2) is 9.78 Å². The fraction of sp³-hybridized carbons (Fsp3) is 0.179. The molecule has 0 unspecified atom stereocenters. The predicted octanol–water partition coefficient (Wildman–Crippen LogP) is 4.87. The number of nitrogens with one attached hydrogen (secondary N) is 2. The number of benzene rings is 1. The van der Waals surface area contributed by atoms with Gasteiger partial charge in [-0.1, -0.05) is 18.2 Å². The summed E-state index contributed by atoms with van der Waals surface area (Å²) in [6.45, 7) is 5.31. The van der Waals surface area contributed by atoms with Crippen molar-refractivity contribution in [2.75, 3.05) is 11.9 Å². The van der Waals surface area contributed by atoms with E-state index in [1.165, 1.54) is 33.8 Å². The van der Waals surface area contributed by atoms with Gasteiger partial charge >= 0.3 is 6.09 Å². The summed E-state index contributed by atoms with van der Waals surface area (Å²) in [7, 11) is 0. The first kappa shape index (κ1) is 27.9. The molecule has 0 aliphatic carbocycles. The molecule has 1 aromatic carbocycles. The van der Waals surface area contributed by atoms with Crippen molar-refractivity contribution in [3.63, 3.8) is 0 Å². The van der Waals surface area contributed by atoms with Gasteiger partial charge in [-0.2, -0.15) is 18.4 Å².